The van der Waals surface area contributed by atoms with Crippen molar-refractivity contribution in [3.05, 3.63) is 35.9 Å². The van der Waals surface area contributed by atoms with Crippen LogP contribution in [-0.4, -0.2) is 35.7 Å². The lowest BCUT2D eigenvalue weighted by atomic mass is 9.98. The first kappa shape index (κ1) is 14.6. The van der Waals surface area contributed by atoms with Gasteiger partial charge in [-0.1, -0.05) is 30.3 Å². The zero-order valence-electron chi connectivity index (χ0n) is 12.4. The highest BCUT2D eigenvalue weighted by atomic mass is 16.5. The fourth-order valence-corrected chi connectivity index (χ4v) is 2.67. The molecule has 0 N–H and O–H groups in total. The van der Waals surface area contributed by atoms with E-state index in [1.807, 2.05) is 36.6 Å². The zero-order valence-corrected chi connectivity index (χ0v) is 12.4. The van der Waals surface area contributed by atoms with Gasteiger partial charge in [0.2, 0.25) is 0 Å². The van der Waals surface area contributed by atoms with Crippen LogP contribution in [0.1, 0.15) is 32.3 Å². The van der Waals surface area contributed by atoms with Crippen LogP contribution >= 0.6 is 0 Å². The van der Waals surface area contributed by atoms with E-state index in [2.05, 4.69) is 12.1 Å². The van der Waals surface area contributed by atoms with Gasteiger partial charge in [-0.3, -0.25) is 0 Å². The number of hydrogen-bond acceptors (Lipinski definition) is 3. The molecule has 0 fully saturated rings. The summed E-state index contributed by atoms with van der Waals surface area (Å²) >= 11 is 0. The minimum absolute atomic E-state index is 0.205. The Balaban J connectivity index is 2.34. The molecular weight excluding hydrogens is 254 g/mol. The Kier molecular flexibility index (Phi) is 4.42. The second-order valence-corrected chi connectivity index (χ2v) is 5.16. The van der Waals surface area contributed by atoms with Gasteiger partial charge in [0.1, 0.15) is 0 Å². The average Bonchev–Trinajstić information content (AvgIpc) is 2.78. The molecule has 1 aromatic carbocycles. The highest BCUT2D eigenvalue weighted by molar-refractivity contribution is 5.84. The summed E-state index contributed by atoms with van der Waals surface area (Å²) in [5.41, 5.74) is 0.511. The van der Waals surface area contributed by atoms with Crippen molar-refractivity contribution in [1.82, 2.24) is 0 Å². The molecule has 1 atom stereocenters. The highest BCUT2D eigenvalue weighted by Crippen LogP contribution is 2.28. The molecule has 1 aliphatic heterocycles. The van der Waals surface area contributed by atoms with E-state index in [1.165, 1.54) is 7.11 Å². The molecule has 0 bridgehead atoms. The van der Waals surface area contributed by atoms with Crippen LogP contribution in [0.15, 0.2) is 30.3 Å². The first-order valence-corrected chi connectivity index (χ1v) is 7.00. The fourth-order valence-electron chi connectivity index (χ4n) is 2.67. The average molecular weight is 276 g/mol. The van der Waals surface area contributed by atoms with Crippen molar-refractivity contribution in [1.29, 1.82) is 0 Å². The van der Waals surface area contributed by atoms with Crippen LogP contribution < -0.4 is 0 Å². The van der Waals surface area contributed by atoms with Gasteiger partial charge < -0.3 is 9.47 Å². The molecular formula is C16H22NO3+. The van der Waals surface area contributed by atoms with E-state index in [0.717, 1.165) is 24.3 Å². The molecule has 1 heterocycles. The predicted molar refractivity (Wildman–Crippen MR) is 76.7 cm³/mol. The third-order valence-electron chi connectivity index (χ3n) is 3.84. The third kappa shape index (κ3) is 2.69. The van der Waals surface area contributed by atoms with Gasteiger partial charge in [-0.25, -0.2) is 4.79 Å². The standard InChI is InChI=1S/C16H22NO3/c1-4-20-14-10-11-16(2,15(18)19-3)17(14)12-13-8-6-5-7-9-13/h5-9H,4,10-12H2,1-3H3/q+1/t16-/m1/s1. The monoisotopic (exact) mass is 276 g/mol. The van der Waals surface area contributed by atoms with Crippen LogP contribution in [0.5, 0.6) is 0 Å². The number of rotatable bonds is 4. The lowest BCUT2D eigenvalue weighted by Crippen LogP contribution is -2.45. The van der Waals surface area contributed by atoms with Gasteiger partial charge in [0, 0.05) is 18.9 Å². The van der Waals surface area contributed by atoms with Gasteiger partial charge in [-0.2, -0.15) is 4.58 Å². The minimum Gasteiger partial charge on any atom is -0.464 e. The van der Waals surface area contributed by atoms with Crippen molar-refractivity contribution < 1.29 is 18.8 Å². The Bertz CT molecular complexity index is 510. The molecule has 4 nitrogen and oxygen atoms in total. The second-order valence-electron chi connectivity index (χ2n) is 5.16. The van der Waals surface area contributed by atoms with Crippen molar-refractivity contribution in [3.63, 3.8) is 0 Å². The molecule has 0 saturated heterocycles. The van der Waals surface area contributed by atoms with E-state index >= 15 is 0 Å². The largest absolute Gasteiger partial charge is 0.464 e. The molecule has 1 aromatic rings. The summed E-state index contributed by atoms with van der Waals surface area (Å²) in [4.78, 5) is 12.2. The molecule has 0 spiro atoms. The number of methoxy groups -OCH3 is 1. The Morgan fingerprint density at radius 1 is 1.35 bits per heavy atom. The molecule has 0 radical (unpaired) electrons. The van der Waals surface area contributed by atoms with E-state index in [1.54, 1.807) is 0 Å². The molecule has 0 unspecified atom stereocenters. The van der Waals surface area contributed by atoms with Crippen LogP contribution in [0.25, 0.3) is 0 Å². The SMILES string of the molecule is CCOC1=[N+](Cc2ccccc2)[C@@](C)(C(=O)OC)CC1. The molecule has 20 heavy (non-hydrogen) atoms. The van der Waals surface area contributed by atoms with Gasteiger partial charge in [0.25, 0.3) is 5.54 Å². The number of carbonyl (C=O) groups is 1. The molecule has 2 rings (SSSR count). The first-order chi connectivity index (χ1) is 9.61. The Labute approximate surface area is 120 Å². The number of ether oxygens (including phenoxy) is 2. The van der Waals surface area contributed by atoms with Crippen molar-refractivity contribution in [2.75, 3.05) is 13.7 Å². The van der Waals surface area contributed by atoms with Gasteiger partial charge in [-0.15, -0.1) is 0 Å². The van der Waals surface area contributed by atoms with E-state index in [4.69, 9.17) is 9.47 Å². The first-order valence-electron chi connectivity index (χ1n) is 7.00. The number of esters is 1. The van der Waals surface area contributed by atoms with Gasteiger partial charge in [0.15, 0.2) is 6.54 Å². The lowest BCUT2D eigenvalue weighted by Gasteiger charge is -2.19. The van der Waals surface area contributed by atoms with E-state index in [9.17, 15) is 4.79 Å². The Morgan fingerprint density at radius 2 is 2.05 bits per heavy atom. The van der Waals surface area contributed by atoms with Crippen molar-refractivity contribution in [2.45, 2.75) is 38.8 Å². The van der Waals surface area contributed by atoms with E-state index in [0.29, 0.717) is 13.2 Å². The number of carbonyl (C=O) groups excluding carboxylic acids is 1. The summed E-state index contributed by atoms with van der Waals surface area (Å²) in [6.45, 7) is 5.15. The summed E-state index contributed by atoms with van der Waals surface area (Å²) in [5, 5.41) is 0. The van der Waals surface area contributed by atoms with Crippen LogP contribution in [0.4, 0.5) is 0 Å². The van der Waals surface area contributed by atoms with Crippen molar-refractivity contribution >= 4 is 11.9 Å². The maximum atomic E-state index is 12.2. The molecule has 108 valence electrons. The minimum atomic E-state index is -0.644. The van der Waals surface area contributed by atoms with Gasteiger partial charge >= 0.3 is 11.9 Å². The molecule has 0 amide bonds. The van der Waals surface area contributed by atoms with Gasteiger partial charge in [-0.05, 0) is 6.92 Å². The second kappa shape index (κ2) is 6.07. The smallest absolute Gasteiger partial charge is 0.378 e. The summed E-state index contributed by atoms with van der Waals surface area (Å²) in [5.74, 6) is 0.674. The van der Waals surface area contributed by atoms with E-state index < -0.39 is 5.54 Å². The fraction of sp³-hybridized carbons (Fsp3) is 0.500. The molecule has 0 saturated carbocycles. The zero-order chi connectivity index (χ0) is 14.6. The number of nitrogens with zero attached hydrogens (tertiary/aromatic N) is 1. The maximum Gasteiger partial charge on any atom is 0.378 e. The van der Waals surface area contributed by atoms with Crippen LogP contribution in [0.3, 0.4) is 0 Å². The quantitative estimate of drug-likeness (QED) is 0.626. The van der Waals surface area contributed by atoms with Crippen LogP contribution in [0.2, 0.25) is 0 Å². The highest BCUT2D eigenvalue weighted by Gasteiger charge is 2.52. The molecule has 0 aliphatic carbocycles. The van der Waals surface area contributed by atoms with Crippen molar-refractivity contribution in [3.8, 4) is 0 Å². The van der Waals surface area contributed by atoms with Crippen LogP contribution in [-0.2, 0) is 20.8 Å². The third-order valence-corrected chi connectivity index (χ3v) is 3.84. The normalized spacial score (nSPS) is 21.9. The number of benzene rings is 1. The summed E-state index contributed by atoms with van der Waals surface area (Å²) in [6.07, 6.45) is 1.49. The van der Waals surface area contributed by atoms with Crippen LogP contribution in [0, 0.1) is 0 Å². The van der Waals surface area contributed by atoms with Gasteiger partial charge in [0.05, 0.1) is 20.1 Å². The summed E-state index contributed by atoms with van der Waals surface area (Å²) < 4.78 is 12.7. The topological polar surface area (TPSA) is 38.5 Å². The van der Waals surface area contributed by atoms with Crippen molar-refractivity contribution in [2.24, 2.45) is 0 Å². The molecule has 1 aliphatic rings. The van der Waals surface area contributed by atoms with E-state index in [-0.39, 0.29) is 5.97 Å². The summed E-state index contributed by atoms with van der Waals surface area (Å²) in [6, 6.07) is 10.1. The Morgan fingerprint density at radius 3 is 2.65 bits per heavy atom. The summed E-state index contributed by atoms with van der Waals surface area (Å²) in [7, 11) is 1.44. The predicted octanol–water partition coefficient (Wildman–Crippen LogP) is 2.36. The molecule has 4 heteroatoms. The number of hydrogen-bond donors (Lipinski definition) is 0. The Hall–Kier alpha value is -1.84. The maximum absolute atomic E-state index is 12.2. The lowest BCUT2D eigenvalue weighted by molar-refractivity contribution is -0.604. The molecule has 0 aromatic heterocycles.